The lowest BCUT2D eigenvalue weighted by Crippen LogP contribution is -2.48. The van der Waals surface area contributed by atoms with Crippen LogP contribution in [-0.4, -0.2) is 59.9 Å². The van der Waals surface area contributed by atoms with Crippen molar-refractivity contribution in [1.29, 1.82) is 0 Å². The maximum Gasteiger partial charge on any atom is 0.255 e. The van der Waals surface area contributed by atoms with Gasteiger partial charge in [-0.1, -0.05) is 36.6 Å². The van der Waals surface area contributed by atoms with E-state index in [0.717, 1.165) is 25.8 Å². The number of halogens is 1. The Balaban J connectivity index is 1.56. The molecule has 2 aliphatic rings. The fraction of sp³-hybridized carbons (Fsp3) is 0.600. The van der Waals surface area contributed by atoms with Crippen molar-refractivity contribution in [3.63, 3.8) is 0 Å². The number of carbonyl (C=O) groups excluding carboxylic acids is 2. The molecule has 0 bridgehead atoms. The first-order valence-corrected chi connectivity index (χ1v) is 10.0. The Morgan fingerprint density at radius 3 is 2.54 bits per heavy atom. The first-order valence-electron chi connectivity index (χ1n) is 9.64. The molecule has 2 amide bonds. The van der Waals surface area contributed by atoms with Gasteiger partial charge < -0.3 is 10.2 Å². The fourth-order valence-electron chi connectivity index (χ4n) is 3.89. The highest BCUT2D eigenvalue weighted by molar-refractivity contribution is 6.33. The molecule has 0 spiro atoms. The summed E-state index contributed by atoms with van der Waals surface area (Å²) in [5, 5.41) is 3.67. The topological polar surface area (TPSA) is 52.7 Å². The number of carbonyl (C=O) groups is 2. The van der Waals surface area contributed by atoms with Crippen molar-refractivity contribution in [3.8, 4) is 0 Å². The van der Waals surface area contributed by atoms with E-state index >= 15 is 0 Å². The normalized spacial score (nSPS) is 20.6. The Labute approximate surface area is 160 Å². The van der Waals surface area contributed by atoms with E-state index in [-0.39, 0.29) is 17.9 Å². The van der Waals surface area contributed by atoms with E-state index in [4.69, 9.17) is 11.6 Å². The average Bonchev–Trinajstić information content (AvgIpc) is 3.02. The van der Waals surface area contributed by atoms with Gasteiger partial charge in [0.2, 0.25) is 5.91 Å². The molecule has 26 heavy (non-hydrogen) atoms. The van der Waals surface area contributed by atoms with Gasteiger partial charge in [0.1, 0.15) is 0 Å². The molecule has 1 aromatic carbocycles. The Bertz CT molecular complexity index is 646. The highest BCUT2D eigenvalue weighted by atomic mass is 35.5. The summed E-state index contributed by atoms with van der Waals surface area (Å²) in [4.78, 5) is 29.3. The molecule has 1 aliphatic carbocycles. The van der Waals surface area contributed by atoms with Crippen LogP contribution in [0.2, 0.25) is 5.02 Å². The van der Waals surface area contributed by atoms with Gasteiger partial charge >= 0.3 is 0 Å². The van der Waals surface area contributed by atoms with Crippen LogP contribution in [0, 0.1) is 0 Å². The van der Waals surface area contributed by atoms with E-state index in [2.05, 4.69) is 10.2 Å². The van der Waals surface area contributed by atoms with Crippen LogP contribution >= 0.6 is 11.6 Å². The summed E-state index contributed by atoms with van der Waals surface area (Å²) in [5.74, 6) is 0.0864. The summed E-state index contributed by atoms with van der Waals surface area (Å²) in [6.45, 7) is 4.81. The predicted octanol–water partition coefficient (Wildman–Crippen LogP) is 2.94. The summed E-state index contributed by atoms with van der Waals surface area (Å²) < 4.78 is 0. The average molecular weight is 378 g/mol. The van der Waals surface area contributed by atoms with Gasteiger partial charge in [-0.05, 0) is 38.3 Å². The van der Waals surface area contributed by atoms with Gasteiger partial charge in [0.15, 0.2) is 0 Å². The molecule has 6 heteroatoms. The summed E-state index contributed by atoms with van der Waals surface area (Å²) in [6.07, 6.45) is 5.47. The minimum Gasteiger partial charge on any atom is -0.352 e. The summed E-state index contributed by atoms with van der Waals surface area (Å²) in [5.41, 5.74) is 0.551. The zero-order chi connectivity index (χ0) is 18.5. The van der Waals surface area contributed by atoms with E-state index in [1.54, 1.807) is 12.1 Å². The van der Waals surface area contributed by atoms with Crippen LogP contribution in [-0.2, 0) is 4.79 Å². The van der Waals surface area contributed by atoms with Gasteiger partial charge in [0, 0.05) is 32.2 Å². The molecule has 0 aromatic heterocycles. The number of benzene rings is 1. The Morgan fingerprint density at radius 1 is 1.08 bits per heavy atom. The molecule has 1 heterocycles. The van der Waals surface area contributed by atoms with E-state index < -0.39 is 0 Å². The highest BCUT2D eigenvalue weighted by Crippen LogP contribution is 2.20. The predicted molar refractivity (Wildman–Crippen MR) is 103 cm³/mol. The van der Waals surface area contributed by atoms with Crippen molar-refractivity contribution in [1.82, 2.24) is 15.1 Å². The summed E-state index contributed by atoms with van der Waals surface area (Å²) in [6, 6.07) is 7.35. The van der Waals surface area contributed by atoms with Gasteiger partial charge in [-0.2, -0.15) is 0 Å². The van der Waals surface area contributed by atoms with Gasteiger partial charge in [0.05, 0.1) is 16.6 Å². The van der Waals surface area contributed by atoms with Crippen LogP contribution in [0.5, 0.6) is 0 Å². The third kappa shape index (κ3) is 4.57. The van der Waals surface area contributed by atoms with Crippen molar-refractivity contribution in [2.75, 3.05) is 26.2 Å². The molecule has 2 fully saturated rings. The number of nitrogens with one attached hydrogen (secondary N) is 1. The minimum atomic E-state index is -0.161. The maximum atomic E-state index is 12.8. The van der Waals surface area contributed by atoms with Crippen LogP contribution in [0.25, 0.3) is 0 Å². The Kier molecular flexibility index (Phi) is 6.54. The molecule has 1 N–H and O–H groups in total. The molecule has 0 radical (unpaired) electrons. The van der Waals surface area contributed by atoms with Crippen molar-refractivity contribution in [2.24, 2.45) is 0 Å². The molecular formula is C20H28ClN3O2. The number of hydrogen-bond donors (Lipinski definition) is 1. The number of hydrogen-bond acceptors (Lipinski definition) is 3. The second kappa shape index (κ2) is 8.87. The van der Waals surface area contributed by atoms with E-state index in [0.29, 0.717) is 36.3 Å². The lowest BCUT2D eigenvalue weighted by Gasteiger charge is -2.28. The first-order chi connectivity index (χ1) is 12.6. The van der Waals surface area contributed by atoms with Gasteiger partial charge in [-0.25, -0.2) is 0 Å². The Hall–Kier alpha value is -1.59. The molecule has 3 rings (SSSR count). The molecule has 5 nitrogen and oxygen atoms in total. The van der Waals surface area contributed by atoms with Crippen molar-refractivity contribution in [3.05, 3.63) is 34.9 Å². The van der Waals surface area contributed by atoms with Crippen LogP contribution in [0.15, 0.2) is 24.3 Å². The minimum absolute atomic E-state index is 0.0273. The zero-order valence-electron chi connectivity index (χ0n) is 15.4. The molecule has 142 valence electrons. The summed E-state index contributed by atoms with van der Waals surface area (Å²) >= 11 is 6.17. The molecule has 1 unspecified atom stereocenters. The first kappa shape index (κ1) is 19.2. The molecule has 1 saturated carbocycles. The largest absolute Gasteiger partial charge is 0.352 e. The van der Waals surface area contributed by atoms with Crippen molar-refractivity contribution >= 4 is 23.4 Å². The third-order valence-electron chi connectivity index (χ3n) is 5.55. The highest BCUT2D eigenvalue weighted by Gasteiger charge is 2.28. The smallest absolute Gasteiger partial charge is 0.255 e. The lowest BCUT2D eigenvalue weighted by atomic mass is 10.2. The molecular weight excluding hydrogens is 350 g/mol. The monoisotopic (exact) mass is 377 g/mol. The zero-order valence-corrected chi connectivity index (χ0v) is 16.2. The van der Waals surface area contributed by atoms with Crippen LogP contribution < -0.4 is 5.32 Å². The second-order valence-electron chi connectivity index (χ2n) is 7.33. The molecule has 1 atom stereocenters. The van der Waals surface area contributed by atoms with Gasteiger partial charge in [0.25, 0.3) is 5.91 Å². The number of nitrogens with zero attached hydrogens (tertiary/aromatic N) is 2. The van der Waals surface area contributed by atoms with Crippen LogP contribution in [0.4, 0.5) is 0 Å². The standard InChI is InChI=1S/C20H28ClN3O2/c1-15(19(25)22-16-7-2-3-8-16)23-11-6-12-24(14-13-23)20(26)17-9-4-5-10-18(17)21/h4-5,9-10,15-16H,2-3,6-8,11-14H2,1H3,(H,22,25). The second-order valence-corrected chi connectivity index (χ2v) is 7.73. The molecule has 1 aliphatic heterocycles. The summed E-state index contributed by atoms with van der Waals surface area (Å²) in [7, 11) is 0. The van der Waals surface area contributed by atoms with Crippen molar-refractivity contribution in [2.45, 2.75) is 51.1 Å². The Morgan fingerprint density at radius 2 is 1.81 bits per heavy atom. The molecule has 1 saturated heterocycles. The fourth-order valence-corrected chi connectivity index (χ4v) is 4.11. The SMILES string of the molecule is CC(C(=O)NC1CCCC1)N1CCCN(C(=O)c2ccccc2Cl)CC1. The van der Waals surface area contributed by atoms with Gasteiger partial charge in [-0.3, -0.25) is 14.5 Å². The van der Waals surface area contributed by atoms with Crippen LogP contribution in [0.1, 0.15) is 49.4 Å². The van der Waals surface area contributed by atoms with Gasteiger partial charge in [-0.15, -0.1) is 0 Å². The van der Waals surface area contributed by atoms with E-state index in [1.807, 2.05) is 24.0 Å². The number of rotatable bonds is 4. The van der Waals surface area contributed by atoms with Crippen molar-refractivity contribution < 1.29 is 9.59 Å². The number of amides is 2. The molecule has 1 aromatic rings. The van der Waals surface area contributed by atoms with E-state index in [9.17, 15) is 9.59 Å². The van der Waals surface area contributed by atoms with E-state index in [1.165, 1.54) is 12.8 Å². The quantitative estimate of drug-likeness (QED) is 0.877. The van der Waals surface area contributed by atoms with Crippen LogP contribution in [0.3, 0.4) is 0 Å². The maximum absolute atomic E-state index is 12.8. The third-order valence-corrected chi connectivity index (χ3v) is 5.88. The lowest BCUT2D eigenvalue weighted by molar-refractivity contribution is -0.126.